The van der Waals surface area contributed by atoms with E-state index >= 15 is 0 Å². The predicted octanol–water partition coefficient (Wildman–Crippen LogP) is 2.32. The fraction of sp³-hybridized carbons (Fsp3) is 0.0769. The molecule has 0 aliphatic rings. The van der Waals surface area contributed by atoms with Gasteiger partial charge >= 0.3 is 5.91 Å². The number of benzene rings is 1. The molecule has 6 nitrogen and oxygen atoms in total. The highest BCUT2D eigenvalue weighted by molar-refractivity contribution is 7.98. The van der Waals surface area contributed by atoms with E-state index in [0.717, 1.165) is 16.7 Å². The van der Waals surface area contributed by atoms with Crippen molar-refractivity contribution in [2.45, 2.75) is 11.0 Å². The van der Waals surface area contributed by atoms with E-state index in [-0.39, 0.29) is 5.76 Å². The fourth-order valence-corrected chi connectivity index (χ4v) is 2.58. The Hall–Kier alpha value is -2.25. The molecule has 1 amide bonds. The van der Waals surface area contributed by atoms with Crippen LogP contribution in [0.4, 0.5) is 0 Å². The van der Waals surface area contributed by atoms with E-state index < -0.39 is 5.91 Å². The number of amides is 1. The lowest BCUT2D eigenvalue weighted by Crippen LogP contribution is -2.30. The summed E-state index contributed by atoms with van der Waals surface area (Å²) in [6.07, 6.45) is 1.45. The number of nitrogens with two attached hydrogens (primary N) is 1. The Bertz CT molecular complexity index is 717. The molecule has 0 saturated carbocycles. The lowest BCUT2D eigenvalue weighted by atomic mass is 10.3. The van der Waals surface area contributed by atoms with Gasteiger partial charge in [0.2, 0.25) is 0 Å². The van der Waals surface area contributed by atoms with Gasteiger partial charge in [-0.1, -0.05) is 23.9 Å². The van der Waals surface area contributed by atoms with Gasteiger partial charge in [0.1, 0.15) is 5.52 Å². The molecule has 0 aliphatic carbocycles. The Morgan fingerprint density at radius 2 is 2.20 bits per heavy atom. The van der Waals surface area contributed by atoms with Gasteiger partial charge in [-0.05, 0) is 18.2 Å². The molecule has 0 unspecified atom stereocenters. The molecule has 0 radical (unpaired) electrons. The van der Waals surface area contributed by atoms with Gasteiger partial charge < -0.3 is 8.83 Å². The Labute approximate surface area is 118 Å². The van der Waals surface area contributed by atoms with Gasteiger partial charge in [-0.3, -0.25) is 10.2 Å². The largest absolute Gasteiger partial charge is 0.459 e. The van der Waals surface area contributed by atoms with Crippen molar-refractivity contribution in [2.75, 3.05) is 0 Å². The SMILES string of the molecule is NNC(=O)c1occc1CSc1nc2ccccc2o1. The number of furan rings is 1. The van der Waals surface area contributed by atoms with Crippen LogP contribution in [0.5, 0.6) is 0 Å². The molecule has 1 aromatic carbocycles. The molecule has 102 valence electrons. The standard InChI is InChI=1S/C13H11N3O3S/c14-16-12(17)11-8(5-6-18-11)7-20-13-15-9-3-1-2-4-10(9)19-13/h1-6H,7,14H2,(H,16,17). The summed E-state index contributed by atoms with van der Waals surface area (Å²) in [4.78, 5) is 15.8. The number of hydrazine groups is 1. The number of para-hydroxylation sites is 2. The van der Waals surface area contributed by atoms with Crippen molar-refractivity contribution in [3.05, 3.63) is 47.9 Å². The maximum atomic E-state index is 11.5. The molecule has 0 aliphatic heterocycles. The maximum Gasteiger partial charge on any atom is 0.301 e. The Balaban J connectivity index is 1.76. The highest BCUT2D eigenvalue weighted by Crippen LogP contribution is 2.27. The second-order valence-corrected chi connectivity index (χ2v) is 4.91. The first kappa shape index (κ1) is 12.8. The van der Waals surface area contributed by atoms with E-state index in [9.17, 15) is 4.79 Å². The molecule has 3 rings (SSSR count). The van der Waals surface area contributed by atoms with Crippen LogP contribution in [0.3, 0.4) is 0 Å². The molecule has 0 saturated heterocycles. The number of hydrogen-bond acceptors (Lipinski definition) is 6. The summed E-state index contributed by atoms with van der Waals surface area (Å²) in [5.74, 6) is 5.35. The van der Waals surface area contributed by atoms with Gasteiger partial charge in [0.05, 0.1) is 6.26 Å². The third-order valence-corrected chi connectivity index (χ3v) is 3.59. The van der Waals surface area contributed by atoms with Crippen molar-refractivity contribution in [1.29, 1.82) is 0 Å². The first-order chi connectivity index (χ1) is 9.78. The smallest absolute Gasteiger partial charge is 0.301 e. The zero-order chi connectivity index (χ0) is 13.9. The van der Waals surface area contributed by atoms with Gasteiger partial charge in [-0.25, -0.2) is 10.8 Å². The Morgan fingerprint density at radius 3 is 3.00 bits per heavy atom. The van der Waals surface area contributed by atoms with Gasteiger partial charge in [-0.2, -0.15) is 0 Å². The maximum absolute atomic E-state index is 11.5. The fourth-order valence-electron chi connectivity index (χ4n) is 1.77. The average Bonchev–Trinajstić information content (AvgIpc) is 3.10. The summed E-state index contributed by atoms with van der Waals surface area (Å²) in [6.45, 7) is 0. The summed E-state index contributed by atoms with van der Waals surface area (Å²) < 4.78 is 10.7. The van der Waals surface area contributed by atoms with Crippen molar-refractivity contribution in [1.82, 2.24) is 10.4 Å². The lowest BCUT2D eigenvalue weighted by Gasteiger charge is -1.99. The van der Waals surface area contributed by atoms with Crippen molar-refractivity contribution in [3.8, 4) is 0 Å². The number of carbonyl (C=O) groups excluding carboxylic acids is 1. The number of aromatic nitrogens is 1. The monoisotopic (exact) mass is 289 g/mol. The van der Waals surface area contributed by atoms with Crippen LogP contribution < -0.4 is 11.3 Å². The number of oxazole rings is 1. The number of nitrogens with zero attached hydrogens (tertiary/aromatic N) is 1. The number of nitrogen functional groups attached to an aromatic ring is 1. The highest BCUT2D eigenvalue weighted by Gasteiger charge is 2.15. The van der Waals surface area contributed by atoms with E-state index in [1.54, 1.807) is 6.07 Å². The normalized spacial score (nSPS) is 10.8. The summed E-state index contributed by atoms with van der Waals surface area (Å²) >= 11 is 1.39. The van der Waals surface area contributed by atoms with Crippen LogP contribution in [0.15, 0.2) is 50.7 Å². The minimum atomic E-state index is -0.455. The number of hydrogen-bond donors (Lipinski definition) is 2. The van der Waals surface area contributed by atoms with E-state index in [2.05, 4.69) is 4.98 Å². The van der Waals surface area contributed by atoms with Crippen molar-refractivity contribution in [2.24, 2.45) is 5.84 Å². The van der Waals surface area contributed by atoms with Crippen LogP contribution in [-0.2, 0) is 5.75 Å². The Morgan fingerprint density at radius 1 is 1.35 bits per heavy atom. The first-order valence-corrected chi connectivity index (χ1v) is 6.82. The lowest BCUT2D eigenvalue weighted by molar-refractivity contribution is 0.0925. The second-order valence-electron chi connectivity index (χ2n) is 3.98. The zero-order valence-electron chi connectivity index (χ0n) is 10.3. The average molecular weight is 289 g/mol. The Kier molecular flexibility index (Phi) is 3.44. The topological polar surface area (TPSA) is 94.3 Å². The molecule has 0 spiro atoms. The molecular weight excluding hydrogens is 278 g/mol. The van der Waals surface area contributed by atoms with Crippen LogP contribution in [-0.4, -0.2) is 10.9 Å². The third kappa shape index (κ3) is 2.40. The van der Waals surface area contributed by atoms with Crippen LogP contribution >= 0.6 is 11.8 Å². The minimum absolute atomic E-state index is 0.205. The first-order valence-electron chi connectivity index (χ1n) is 5.83. The van der Waals surface area contributed by atoms with E-state index in [4.69, 9.17) is 14.7 Å². The number of nitrogens with one attached hydrogen (secondary N) is 1. The highest BCUT2D eigenvalue weighted by atomic mass is 32.2. The van der Waals surface area contributed by atoms with Crippen LogP contribution in [0.1, 0.15) is 16.1 Å². The number of thioether (sulfide) groups is 1. The number of fused-ring (bicyclic) bond motifs is 1. The quantitative estimate of drug-likeness (QED) is 0.331. The molecule has 2 heterocycles. The second kappa shape index (κ2) is 5.40. The molecule has 3 aromatic rings. The van der Waals surface area contributed by atoms with Crippen molar-refractivity contribution >= 4 is 28.8 Å². The number of rotatable bonds is 4. The van der Waals surface area contributed by atoms with E-state index in [1.807, 2.05) is 29.7 Å². The summed E-state index contributed by atoms with van der Waals surface area (Å²) in [6, 6.07) is 9.26. The molecule has 2 aromatic heterocycles. The molecule has 3 N–H and O–H groups in total. The van der Waals surface area contributed by atoms with E-state index in [0.29, 0.717) is 11.0 Å². The summed E-state index contributed by atoms with van der Waals surface area (Å²) in [7, 11) is 0. The molecule has 0 atom stereocenters. The van der Waals surface area contributed by atoms with Crippen LogP contribution in [0.25, 0.3) is 11.1 Å². The van der Waals surface area contributed by atoms with Gasteiger partial charge in [0, 0.05) is 11.3 Å². The molecule has 0 fully saturated rings. The van der Waals surface area contributed by atoms with Crippen molar-refractivity contribution < 1.29 is 13.6 Å². The van der Waals surface area contributed by atoms with Crippen molar-refractivity contribution in [3.63, 3.8) is 0 Å². The zero-order valence-corrected chi connectivity index (χ0v) is 11.1. The van der Waals surface area contributed by atoms with E-state index in [1.165, 1.54) is 18.0 Å². The van der Waals surface area contributed by atoms with Crippen LogP contribution in [0.2, 0.25) is 0 Å². The van der Waals surface area contributed by atoms with Gasteiger partial charge in [0.25, 0.3) is 5.22 Å². The summed E-state index contributed by atoms with van der Waals surface area (Å²) in [5, 5.41) is 0.548. The predicted molar refractivity (Wildman–Crippen MR) is 73.9 cm³/mol. The van der Waals surface area contributed by atoms with Crippen LogP contribution in [0, 0.1) is 0 Å². The third-order valence-electron chi connectivity index (χ3n) is 2.71. The minimum Gasteiger partial charge on any atom is -0.459 e. The molecule has 0 bridgehead atoms. The summed E-state index contributed by atoms with van der Waals surface area (Å²) in [5.41, 5.74) is 4.33. The van der Waals surface area contributed by atoms with Gasteiger partial charge in [0.15, 0.2) is 11.3 Å². The number of carbonyl (C=O) groups is 1. The van der Waals surface area contributed by atoms with Gasteiger partial charge in [-0.15, -0.1) is 0 Å². The molecular formula is C13H11N3O3S. The molecule has 20 heavy (non-hydrogen) atoms. The molecule has 7 heteroatoms.